The Kier molecular flexibility index (Phi) is 4.24. The van der Waals surface area contributed by atoms with Gasteiger partial charge in [0.05, 0.1) is 5.56 Å². The molecule has 0 unspecified atom stereocenters. The van der Waals surface area contributed by atoms with Crippen molar-refractivity contribution in [3.05, 3.63) is 35.4 Å². The third-order valence-corrected chi connectivity index (χ3v) is 3.18. The van der Waals surface area contributed by atoms with E-state index in [0.717, 1.165) is 44.4 Å². The van der Waals surface area contributed by atoms with E-state index < -0.39 is 11.7 Å². The minimum absolute atomic E-state index is 0.555. The zero-order valence-electron chi connectivity index (χ0n) is 10.1. The van der Waals surface area contributed by atoms with Crippen molar-refractivity contribution in [2.75, 3.05) is 32.7 Å². The molecule has 1 aliphatic rings. The van der Waals surface area contributed by atoms with Crippen LogP contribution in [0.5, 0.6) is 0 Å². The zero-order chi connectivity index (χ0) is 13.0. The fourth-order valence-corrected chi connectivity index (χ4v) is 2.13. The molecular formula is C13H17F3N2. The molecule has 1 saturated heterocycles. The van der Waals surface area contributed by atoms with Gasteiger partial charge in [0.15, 0.2) is 0 Å². The van der Waals surface area contributed by atoms with Crippen molar-refractivity contribution in [3.63, 3.8) is 0 Å². The Hall–Kier alpha value is -1.07. The normalized spacial score (nSPS) is 17.9. The number of alkyl halides is 3. The molecule has 1 aliphatic heterocycles. The van der Waals surface area contributed by atoms with E-state index in [0.29, 0.717) is 6.42 Å². The number of halogens is 3. The Labute approximate surface area is 105 Å². The van der Waals surface area contributed by atoms with Gasteiger partial charge in [-0.1, -0.05) is 18.2 Å². The van der Waals surface area contributed by atoms with E-state index in [1.165, 1.54) is 12.1 Å². The van der Waals surface area contributed by atoms with Crippen molar-refractivity contribution < 1.29 is 13.2 Å². The van der Waals surface area contributed by atoms with Crippen LogP contribution in [0.4, 0.5) is 13.2 Å². The molecule has 1 fully saturated rings. The average molecular weight is 258 g/mol. The SMILES string of the molecule is FC(F)(F)c1cccc(CCN2CCNCC2)c1. The van der Waals surface area contributed by atoms with Crippen LogP contribution in [0.1, 0.15) is 11.1 Å². The summed E-state index contributed by atoms with van der Waals surface area (Å²) in [6, 6.07) is 5.61. The van der Waals surface area contributed by atoms with Gasteiger partial charge >= 0.3 is 6.18 Å². The summed E-state index contributed by atoms with van der Waals surface area (Å²) in [5.41, 5.74) is 0.198. The van der Waals surface area contributed by atoms with Crippen molar-refractivity contribution in [1.82, 2.24) is 10.2 Å². The largest absolute Gasteiger partial charge is 0.416 e. The van der Waals surface area contributed by atoms with Crippen LogP contribution in [-0.2, 0) is 12.6 Å². The smallest absolute Gasteiger partial charge is 0.314 e. The van der Waals surface area contributed by atoms with Gasteiger partial charge in [0.1, 0.15) is 0 Å². The highest BCUT2D eigenvalue weighted by atomic mass is 19.4. The van der Waals surface area contributed by atoms with Crippen LogP contribution in [0.2, 0.25) is 0 Å². The van der Waals surface area contributed by atoms with Crippen LogP contribution in [0.3, 0.4) is 0 Å². The van der Waals surface area contributed by atoms with E-state index in [1.54, 1.807) is 6.07 Å². The van der Waals surface area contributed by atoms with Gasteiger partial charge in [-0.05, 0) is 18.1 Å². The molecule has 0 aromatic heterocycles. The van der Waals surface area contributed by atoms with Crippen LogP contribution < -0.4 is 5.32 Å². The lowest BCUT2D eigenvalue weighted by Gasteiger charge is -2.27. The van der Waals surface area contributed by atoms with Crippen LogP contribution in [0, 0.1) is 0 Å². The first-order chi connectivity index (χ1) is 8.55. The van der Waals surface area contributed by atoms with Gasteiger partial charge in [-0.3, -0.25) is 0 Å². The van der Waals surface area contributed by atoms with Crippen molar-refractivity contribution in [2.45, 2.75) is 12.6 Å². The number of piperazine rings is 1. The lowest BCUT2D eigenvalue weighted by atomic mass is 10.1. The highest BCUT2D eigenvalue weighted by Gasteiger charge is 2.30. The van der Waals surface area contributed by atoms with Gasteiger partial charge in [0, 0.05) is 32.7 Å². The van der Waals surface area contributed by atoms with Gasteiger partial charge < -0.3 is 10.2 Å². The summed E-state index contributed by atoms with van der Waals surface area (Å²) in [4.78, 5) is 2.27. The second kappa shape index (κ2) is 5.71. The number of rotatable bonds is 3. The monoisotopic (exact) mass is 258 g/mol. The number of hydrogen-bond acceptors (Lipinski definition) is 2. The molecule has 100 valence electrons. The molecule has 5 heteroatoms. The Morgan fingerprint density at radius 3 is 2.56 bits per heavy atom. The van der Waals surface area contributed by atoms with Crippen LogP contribution >= 0.6 is 0 Å². The first-order valence-corrected chi connectivity index (χ1v) is 6.15. The van der Waals surface area contributed by atoms with Gasteiger partial charge in [0.2, 0.25) is 0 Å². The van der Waals surface area contributed by atoms with E-state index in [2.05, 4.69) is 10.2 Å². The van der Waals surface area contributed by atoms with E-state index in [4.69, 9.17) is 0 Å². The molecule has 1 aromatic rings. The first-order valence-electron chi connectivity index (χ1n) is 6.15. The topological polar surface area (TPSA) is 15.3 Å². The predicted molar refractivity (Wildman–Crippen MR) is 64.5 cm³/mol. The number of hydrogen-bond donors (Lipinski definition) is 1. The molecule has 0 aliphatic carbocycles. The van der Waals surface area contributed by atoms with Crippen LogP contribution in [-0.4, -0.2) is 37.6 Å². The van der Waals surface area contributed by atoms with Gasteiger partial charge in [0.25, 0.3) is 0 Å². The van der Waals surface area contributed by atoms with Gasteiger partial charge in [-0.15, -0.1) is 0 Å². The van der Waals surface area contributed by atoms with E-state index in [-0.39, 0.29) is 0 Å². The summed E-state index contributed by atoms with van der Waals surface area (Å²) < 4.78 is 37.6. The highest BCUT2D eigenvalue weighted by molar-refractivity contribution is 5.25. The first kappa shape index (κ1) is 13.4. The molecular weight excluding hydrogens is 241 g/mol. The second-order valence-electron chi connectivity index (χ2n) is 4.54. The third-order valence-electron chi connectivity index (χ3n) is 3.18. The molecule has 1 N–H and O–H groups in total. The summed E-state index contributed by atoms with van der Waals surface area (Å²) in [5.74, 6) is 0. The Morgan fingerprint density at radius 2 is 1.89 bits per heavy atom. The average Bonchev–Trinajstić information content (AvgIpc) is 2.37. The Bertz CT molecular complexity index is 384. The molecule has 0 spiro atoms. The van der Waals surface area contributed by atoms with E-state index in [9.17, 15) is 13.2 Å². The number of benzene rings is 1. The fraction of sp³-hybridized carbons (Fsp3) is 0.538. The summed E-state index contributed by atoms with van der Waals surface area (Å²) in [7, 11) is 0. The van der Waals surface area contributed by atoms with Crippen molar-refractivity contribution in [3.8, 4) is 0 Å². The van der Waals surface area contributed by atoms with E-state index in [1.807, 2.05) is 0 Å². The lowest BCUT2D eigenvalue weighted by Crippen LogP contribution is -2.44. The maximum absolute atomic E-state index is 12.5. The molecule has 0 atom stereocenters. The summed E-state index contributed by atoms with van der Waals surface area (Å²) in [5, 5.41) is 3.25. The second-order valence-corrected chi connectivity index (χ2v) is 4.54. The number of nitrogens with zero attached hydrogens (tertiary/aromatic N) is 1. The summed E-state index contributed by atoms with van der Waals surface area (Å²) in [6.07, 6.45) is -3.57. The van der Waals surface area contributed by atoms with Crippen LogP contribution in [0.25, 0.3) is 0 Å². The third kappa shape index (κ3) is 3.71. The van der Waals surface area contributed by atoms with Gasteiger partial charge in [-0.25, -0.2) is 0 Å². The molecule has 0 saturated carbocycles. The number of nitrogens with one attached hydrogen (secondary N) is 1. The van der Waals surface area contributed by atoms with Crippen molar-refractivity contribution >= 4 is 0 Å². The van der Waals surface area contributed by atoms with Crippen molar-refractivity contribution in [1.29, 1.82) is 0 Å². The molecule has 2 nitrogen and oxygen atoms in total. The standard InChI is InChI=1S/C13H17F3N2/c14-13(15,16)12-3-1-2-11(10-12)4-7-18-8-5-17-6-9-18/h1-3,10,17H,4-9H2. The van der Waals surface area contributed by atoms with Gasteiger partial charge in [-0.2, -0.15) is 13.2 Å². The zero-order valence-corrected chi connectivity index (χ0v) is 10.1. The predicted octanol–water partition coefficient (Wildman–Crippen LogP) is 2.15. The fourth-order valence-electron chi connectivity index (χ4n) is 2.13. The maximum atomic E-state index is 12.5. The molecule has 0 amide bonds. The summed E-state index contributed by atoms with van der Waals surface area (Å²) >= 11 is 0. The maximum Gasteiger partial charge on any atom is 0.416 e. The molecule has 1 aromatic carbocycles. The quantitative estimate of drug-likeness (QED) is 0.893. The molecule has 0 bridgehead atoms. The molecule has 2 rings (SSSR count). The van der Waals surface area contributed by atoms with Crippen molar-refractivity contribution in [2.24, 2.45) is 0 Å². The molecule has 18 heavy (non-hydrogen) atoms. The highest BCUT2D eigenvalue weighted by Crippen LogP contribution is 2.29. The minimum atomic E-state index is -4.24. The Morgan fingerprint density at radius 1 is 1.17 bits per heavy atom. The molecule has 1 heterocycles. The van der Waals surface area contributed by atoms with Crippen LogP contribution in [0.15, 0.2) is 24.3 Å². The lowest BCUT2D eigenvalue weighted by molar-refractivity contribution is -0.137. The minimum Gasteiger partial charge on any atom is -0.314 e. The Balaban J connectivity index is 1.92. The summed E-state index contributed by atoms with van der Waals surface area (Å²) in [6.45, 7) is 4.69. The molecule has 0 radical (unpaired) electrons. The van der Waals surface area contributed by atoms with E-state index >= 15 is 0 Å².